The van der Waals surface area contributed by atoms with Gasteiger partial charge in [0.1, 0.15) is 11.6 Å². The lowest BCUT2D eigenvalue weighted by Gasteiger charge is -2.13. The largest absolute Gasteiger partial charge is 0.477 e. The van der Waals surface area contributed by atoms with Crippen molar-refractivity contribution in [3.63, 3.8) is 0 Å². The van der Waals surface area contributed by atoms with Crippen LogP contribution in [-0.4, -0.2) is 23.6 Å². The van der Waals surface area contributed by atoms with Crippen molar-refractivity contribution < 1.29 is 4.74 Å². The molecule has 0 saturated carbocycles. The summed E-state index contributed by atoms with van der Waals surface area (Å²) in [6, 6.07) is 0. The second kappa shape index (κ2) is 5.68. The van der Waals surface area contributed by atoms with Crippen LogP contribution in [0.25, 0.3) is 0 Å². The molecule has 0 amide bonds. The van der Waals surface area contributed by atoms with Crippen molar-refractivity contribution in [3.8, 4) is 5.88 Å². The summed E-state index contributed by atoms with van der Waals surface area (Å²) in [5.74, 6) is 2.86. The van der Waals surface area contributed by atoms with Crippen molar-refractivity contribution in [2.75, 3.05) is 19.0 Å². The molecular weight excluding hydrogens is 202 g/mol. The second-order valence-electron chi connectivity index (χ2n) is 4.23. The maximum Gasteiger partial charge on any atom is 0.221 e. The Bertz CT molecular complexity index is 350. The van der Waals surface area contributed by atoms with Crippen LogP contribution in [0.2, 0.25) is 0 Å². The Labute approximate surface area is 97.5 Å². The summed E-state index contributed by atoms with van der Waals surface area (Å²) in [6.07, 6.45) is 0.812. The number of nitrogens with zero attached hydrogens (tertiary/aromatic N) is 2. The number of rotatable bonds is 5. The highest BCUT2D eigenvalue weighted by atomic mass is 16.5. The van der Waals surface area contributed by atoms with Gasteiger partial charge in [0.05, 0.1) is 12.2 Å². The van der Waals surface area contributed by atoms with Crippen LogP contribution in [0.3, 0.4) is 0 Å². The van der Waals surface area contributed by atoms with Gasteiger partial charge < -0.3 is 10.1 Å². The minimum Gasteiger partial charge on any atom is -0.477 e. The quantitative estimate of drug-likeness (QED) is 0.832. The van der Waals surface area contributed by atoms with Gasteiger partial charge in [-0.25, -0.2) is 4.98 Å². The third-order valence-electron chi connectivity index (χ3n) is 2.25. The van der Waals surface area contributed by atoms with Gasteiger partial charge in [-0.1, -0.05) is 20.8 Å². The van der Waals surface area contributed by atoms with Gasteiger partial charge >= 0.3 is 0 Å². The first-order valence-corrected chi connectivity index (χ1v) is 5.76. The number of aryl methyl sites for hydroxylation is 1. The highest BCUT2D eigenvalue weighted by Gasteiger charge is 2.10. The highest BCUT2D eigenvalue weighted by molar-refractivity contribution is 5.48. The van der Waals surface area contributed by atoms with E-state index in [0.717, 1.165) is 23.6 Å². The molecule has 0 fully saturated rings. The molecule has 1 heterocycles. The van der Waals surface area contributed by atoms with Crippen LogP contribution >= 0.6 is 0 Å². The molecule has 0 bridgehead atoms. The topological polar surface area (TPSA) is 47.0 Å². The van der Waals surface area contributed by atoms with Crippen LogP contribution in [-0.2, 0) is 6.42 Å². The third-order valence-corrected chi connectivity index (χ3v) is 2.25. The fourth-order valence-electron chi connectivity index (χ4n) is 1.33. The van der Waals surface area contributed by atoms with Gasteiger partial charge in [-0.15, -0.1) is 0 Å². The van der Waals surface area contributed by atoms with Crippen molar-refractivity contribution in [2.24, 2.45) is 5.92 Å². The van der Waals surface area contributed by atoms with Crippen LogP contribution < -0.4 is 10.1 Å². The standard InChI is InChI=1S/C12H21N3O/c1-6-10-14-11(13-5)9(4)12(15-10)16-7-8(2)3/h8H,6-7H2,1-5H3,(H,13,14,15). The Morgan fingerprint density at radius 3 is 2.50 bits per heavy atom. The molecule has 0 unspecified atom stereocenters. The predicted octanol–water partition coefficient (Wildman–Crippen LogP) is 2.42. The van der Waals surface area contributed by atoms with Crippen molar-refractivity contribution in [3.05, 3.63) is 11.4 Å². The van der Waals surface area contributed by atoms with Crippen LogP contribution in [0.1, 0.15) is 32.2 Å². The predicted molar refractivity (Wildman–Crippen MR) is 66.0 cm³/mol. The number of hydrogen-bond donors (Lipinski definition) is 1. The monoisotopic (exact) mass is 223 g/mol. The molecule has 0 aromatic carbocycles. The van der Waals surface area contributed by atoms with E-state index < -0.39 is 0 Å². The first-order chi connectivity index (χ1) is 7.58. The molecule has 0 aliphatic rings. The number of aromatic nitrogens is 2. The van der Waals surface area contributed by atoms with Crippen molar-refractivity contribution in [1.29, 1.82) is 0 Å². The first-order valence-electron chi connectivity index (χ1n) is 5.76. The second-order valence-corrected chi connectivity index (χ2v) is 4.23. The van der Waals surface area contributed by atoms with Crippen LogP contribution in [0, 0.1) is 12.8 Å². The average Bonchev–Trinajstić information content (AvgIpc) is 2.27. The lowest BCUT2D eigenvalue weighted by atomic mass is 10.2. The van der Waals surface area contributed by atoms with E-state index in [9.17, 15) is 0 Å². The minimum absolute atomic E-state index is 0.498. The first kappa shape index (κ1) is 12.7. The summed E-state index contributed by atoms with van der Waals surface area (Å²) in [7, 11) is 1.86. The SMILES string of the molecule is CCc1nc(NC)c(C)c(OCC(C)C)n1. The maximum absolute atomic E-state index is 5.69. The lowest BCUT2D eigenvalue weighted by Crippen LogP contribution is -2.10. The summed E-state index contributed by atoms with van der Waals surface area (Å²) in [5.41, 5.74) is 0.973. The van der Waals surface area contributed by atoms with E-state index in [4.69, 9.17) is 4.74 Å². The molecule has 4 heteroatoms. The van der Waals surface area contributed by atoms with Gasteiger partial charge in [-0.2, -0.15) is 4.98 Å². The molecule has 0 aliphatic carbocycles. The molecule has 0 spiro atoms. The van der Waals surface area contributed by atoms with Gasteiger partial charge in [0, 0.05) is 13.5 Å². The van der Waals surface area contributed by atoms with Crippen LogP contribution in [0.5, 0.6) is 5.88 Å². The molecule has 0 atom stereocenters. The Morgan fingerprint density at radius 2 is 2.00 bits per heavy atom. The van der Waals surface area contributed by atoms with Gasteiger partial charge in [0.15, 0.2) is 0 Å². The summed E-state index contributed by atoms with van der Waals surface area (Å²) in [4.78, 5) is 8.79. The number of anilines is 1. The van der Waals surface area contributed by atoms with Crippen LogP contribution in [0.15, 0.2) is 0 Å². The number of hydrogen-bond acceptors (Lipinski definition) is 4. The fraction of sp³-hybridized carbons (Fsp3) is 0.667. The van der Waals surface area contributed by atoms with Gasteiger partial charge in [0.25, 0.3) is 0 Å². The van der Waals surface area contributed by atoms with Gasteiger partial charge in [-0.05, 0) is 12.8 Å². The molecule has 0 saturated heterocycles. The Balaban J connectivity index is 2.96. The maximum atomic E-state index is 5.69. The Morgan fingerprint density at radius 1 is 1.31 bits per heavy atom. The van der Waals surface area contributed by atoms with Crippen molar-refractivity contribution >= 4 is 5.82 Å². The molecule has 1 N–H and O–H groups in total. The molecule has 16 heavy (non-hydrogen) atoms. The zero-order chi connectivity index (χ0) is 12.1. The van der Waals surface area contributed by atoms with E-state index in [1.54, 1.807) is 0 Å². The smallest absolute Gasteiger partial charge is 0.221 e. The van der Waals surface area contributed by atoms with E-state index >= 15 is 0 Å². The molecule has 1 aromatic heterocycles. The molecule has 0 aliphatic heterocycles. The average molecular weight is 223 g/mol. The minimum atomic E-state index is 0.498. The molecule has 90 valence electrons. The molecule has 0 radical (unpaired) electrons. The third kappa shape index (κ3) is 3.08. The van der Waals surface area contributed by atoms with Gasteiger partial charge in [0.2, 0.25) is 5.88 Å². The van der Waals surface area contributed by atoms with Crippen molar-refractivity contribution in [2.45, 2.75) is 34.1 Å². The normalized spacial score (nSPS) is 10.6. The van der Waals surface area contributed by atoms with E-state index in [1.807, 2.05) is 20.9 Å². The van der Waals surface area contributed by atoms with Crippen molar-refractivity contribution in [1.82, 2.24) is 9.97 Å². The lowest BCUT2D eigenvalue weighted by molar-refractivity contribution is 0.258. The number of nitrogens with one attached hydrogen (secondary N) is 1. The zero-order valence-electron chi connectivity index (χ0n) is 10.8. The van der Waals surface area contributed by atoms with Crippen LogP contribution in [0.4, 0.5) is 5.82 Å². The highest BCUT2D eigenvalue weighted by Crippen LogP contribution is 2.22. The summed E-state index contributed by atoms with van der Waals surface area (Å²) in [5, 5.41) is 3.07. The van der Waals surface area contributed by atoms with E-state index in [1.165, 1.54) is 0 Å². The summed E-state index contributed by atoms with van der Waals surface area (Å²) >= 11 is 0. The summed E-state index contributed by atoms with van der Waals surface area (Å²) < 4.78 is 5.69. The van der Waals surface area contributed by atoms with E-state index in [0.29, 0.717) is 18.4 Å². The zero-order valence-corrected chi connectivity index (χ0v) is 10.8. The molecule has 1 aromatic rings. The van der Waals surface area contributed by atoms with E-state index in [2.05, 4.69) is 29.1 Å². The number of ether oxygens (including phenoxy) is 1. The molecule has 4 nitrogen and oxygen atoms in total. The van der Waals surface area contributed by atoms with E-state index in [-0.39, 0.29) is 0 Å². The molecular formula is C12H21N3O. The summed E-state index contributed by atoms with van der Waals surface area (Å²) in [6.45, 7) is 8.94. The van der Waals surface area contributed by atoms with Gasteiger partial charge in [-0.3, -0.25) is 0 Å². The molecule has 1 rings (SSSR count). The fourth-order valence-corrected chi connectivity index (χ4v) is 1.33. The Kier molecular flexibility index (Phi) is 4.52. The Hall–Kier alpha value is -1.32.